The Hall–Kier alpha value is -2.42. The highest BCUT2D eigenvalue weighted by Gasteiger charge is 2.33. The number of anilines is 1. The number of rotatable bonds is 5. The molecule has 2 heterocycles. The second-order valence-electron chi connectivity index (χ2n) is 7.97. The summed E-state index contributed by atoms with van der Waals surface area (Å²) in [6.07, 6.45) is 1.36. The van der Waals surface area contributed by atoms with Gasteiger partial charge in [-0.1, -0.05) is 18.2 Å². The number of piperidine rings is 1. The lowest BCUT2D eigenvalue weighted by atomic mass is 9.98. The normalized spacial score (nSPS) is 18.3. The molecule has 1 N–H and O–H groups in total. The first-order valence-electron chi connectivity index (χ1n) is 10.3. The molecular formula is C22H28N4O3S. The fraction of sp³-hybridized carbons (Fsp3) is 0.409. The van der Waals surface area contributed by atoms with Crippen LogP contribution in [0.25, 0.3) is 21.8 Å². The van der Waals surface area contributed by atoms with Gasteiger partial charge in [0.05, 0.1) is 5.92 Å². The maximum absolute atomic E-state index is 12.9. The van der Waals surface area contributed by atoms with Crippen LogP contribution in [0.5, 0.6) is 0 Å². The van der Waals surface area contributed by atoms with Crippen molar-refractivity contribution in [2.24, 2.45) is 5.92 Å². The first kappa shape index (κ1) is 20.8. The lowest BCUT2D eigenvalue weighted by molar-refractivity contribution is -0.120. The van der Waals surface area contributed by atoms with Crippen molar-refractivity contribution < 1.29 is 13.2 Å². The van der Waals surface area contributed by atoms with Gasteiger partial charge < -0.3 is 9.88 Å². The summed E-state index contributed by atoms with van der Waals surface area (Å²) in [5, 5.41) is 5.27. The van der Waals surface area contributed by atoms with Crippen molar-refractivity contribution >= 4 is 43.6 Å². The molecule has 0 bridgehead atoms. The number of aromatic nitrogens is 1. The van der Waals surface area contributed by atoms with Gasteiger partial charge in [0.25, 0.3) is 10.2 Å². The maximum Gasteiger partial charge on any atom is 0.281 e. The lowest BCUT2D eigenvalue weighted by Crippen LogP contribution is -2.47. The average molecular weight is 429 g/mol. The van der Waals surface area contributed by atoms with E-state index in [0.29, 0.717) is 19.4 Å². The molecule has 30 heavy (non-hydrogen) atoms. The Morgan fingerprint density at radius 2 is 1.87 bits per heavy atom. The molecule has 0 spiro atoms. The summed E-state index contributed by atoms with van der Waals surface area (Å²) in [4.78, 5) is 12.9. The number of fused-ring (bicyclic) bond motifs is 3. The number of nitrogens with zero attached hydrogens (tertiary/aromatic N) is 3. The van der Waals surface area contributed by atoms with Gasteiger partial charge in [0.15, 0.2) is 0 Å². The van der Waals surface area contributed by atoms with Gasteiger partial charge in [0, 0.05) is 61.2 Å². The highest BCUT2D eigenvalue weighted by Crippen LogP contribution is 2.31. The zero-order valence-corrected chi connectivity index (χ0v) is 18.4. The summed E-state index contributed by atoms with van der Waals surface area (Å²) < 4.78 is 29.7. The van der Waals surface area contributed by atoms with Crippen molar-refractivity contribution in [1.82, 2.24) is 13.2 Å². The minimum absolute atomic E-state index is 0.132. The van der Waals surface area contributed by atoms with Gasteiger partial charge in [-0.25, -0.2) is 0 Å². The highest BCUT2D eigenvalue weighted by atomic mass is 32.2. The summed E-state index contributed by atoms with van der Waals surface area (Å²) in [7, 11) is -0.479. The maximum atomic E-state index is 12.9. The molecule has 0 saturated carbocycles. The SMILES string of the molecule is CCn1c2ccccc2c2cc(NC(=O)[C@H]3CCCN(S(=O)(=O)N(C)C)C3)ccc21. The second-order valence-corrected chi connectivity index (χ2v) is 10.1. The number of carbonyl (C=O) groups excluding carboxylic acids is 1. The van der Waals surface area contributed by atoms with E-state index in [2.05, 4.69) is 28.9 Å². The molecular weight excluding hydrogens is 400 g/mol. The Kier molecular flexibility index (Phi) is 5.57. The Morgan fingerprint density at radius 3 is 2.60 bits per heavy atom. The van der Waals surface area contributed by atoms with Gasteiger partial charge in [-0.3, -0.25) is 4.79 Å². The van der Waals surface area contributed by atoms with Crippen molar-refractivity contribution in [2.75, 3.05) is 32.5 Å². The predicted molar refractivity (Wildman–Crippen MR) is 121 cm³/mol. The molecule has 1 saturated heterocycles. The molecule has 7 nitrogen and oxygen atoms in total. The number of para-hydroxylation sites is 1. The summed E-state index contributed by atoms with van der Waals surface area (Å²) >= 11 is 0. The largest absolute Gasteiger partial charge is 0.341 e. The number of amides is 1. The van der Waals surface area contributed by atoms with E-state index in [0.717, 1.165) is 28.5 Å². The number of hydrogen-bond donors (Lipinski definition) is 1. The molecule has 1 aliphatic rings. The van der Waals surface area contributed by atoms with Crippen LogP contribution in [0.2, 0.25) is 0 Å². The van der Waals surface area contributed by atoms with Crippen molar-refractivity contribution in [2.45, 2.75) is 26.3 Å². The molecule has 4 rings (SSSR count). The fourth-order valence-corrected chi connectivity index (χ4v) is 5.50. The van der Waals surface area contributed by atoms with E-state index in [9.17, 15) is 13.2 Å². The zero-order chi connectivity index (χ0) is 21.5. The highest BCUT2D eigenvalue weighted by molar-refractivity contribution is 7.86. The molecule has 1 amide bonds. The van der Waals surface area contributed by atoms with E-state index in [4.69, 9.17) is 0 Å². The fourth-order valence-electron chi connectivity index (χ4n) is 4.31. The van der Waals surface area contributed by atoms with Crippen molar-refractivity contribution in [3.63, 3.8) is 0 Å². The molecule has 1 fully saturated rings. The van der Waals surface area contributed by atoms with E-state index in [1.807, 2.05) is 30.3 Å². The summed E-state index contributed by atoms with van der Waals surface area (Å²) in [5.74, 6) is -0.492. The number of hydrogen-bond acceptors (Lipinski definition) is 3. The Balaban J connectivity index is 1.58. The van der Waals surface area contributed by atoms with Crippen LogP contribution in [0.4, 0.5) is 5.69 Å². The molecule has 3 aromatic rings. The van der Waals surface area contributed by atoms with Crippen LogP contribution >= 0.6 is 0 Å². The quantitative estimate of drug-likeness (QED) is 0.678. The standard InChI is InChI=1S/C22H28N4O3S/c1-4-26-20-10-6-5-9-18(20)19-14-17(11-12-21(19)26)23-22(27)16-8-7-13-25(15-16)30(28,29)24(2)3/h5-6,9-12,14,16H,4,7-8,13,15H2,1-3H3,(H,23,27)/t16-/m0/s1. The Bertz CT molecular complexity index is 1200. The van der Waals surface area contributed by atoms with Crippen LogP contribution in [-0.2, 0) is 21.5 Å². The Morgan fingerprint density at radius 1 is 1.13 bits per heavy atom. The van der Waals surface area contributed by atoms with Crippen LogP contribution < -0.4 is 5.32 Å². The van der Waals surface area contributed by atoms with Crippen LogP contribution in [0.15, 0.2) is 42.5 Å². The third kappa shape index (κ3) is 3.59. The molecule has 0 radical (unpaired) electrons. The first-order chi connectivity index (χ1) is 14.3. The lowest BCUT2D eigenvalue weighted by Gasteiger charge is -2.32. The minimum atomic E-state index is -3.51. The van der Waals surface area contributed by atoms with E-state index < -0.39 is 10.2 Å². The van der Waals surface area contributed by atoms with Crippen LogP contribution in [0, 0.1) is 5.92 Å². The number of nitrogens with one attached hydrogen (secondary N) is 1. The molecule has 1 aromatic heterocycles. The molecule has 1 atom stereocenters. The third-order valence-electron chi connectivity index (χ3n) is 5.90. The van der Waals surface area contributed by atoms with Gasteiger partial charge in [-0.05, 0) is 44.0 Å². The van der Waals surface area contributed by atoms with E-state index >= 15 is 0 Å². The van der Waals surface area contributed by atoms with Crippen LogP contribution in [0.3, 0.4) is 0 Å². The molecule has 1 aliphatic heterocycles. The van der Waals surface area contributed by atoms with Crippen LogP contribution in [-0.4, -0.2) is 54.7 Å². The van der Waals surface area contributed by atoms with Crippen LogP contribution in [0.1, 0.15) is 19.8 Å². The molecule has 0 unspecified atom stereocenters. The Labute approximate surface area is 177 Å². The zero-order valence-electron chi connectivity index (χ0n) is 17.6. The van der Waals surface area contributed by atoms with E-state index in [-0.39, 0.29) is 18.4 Å². The van der Waals surface area contributed by atoms with Gasteiger partial charge in [-0.15, -0.1) is 0 Å². The minimum Gasteiger partial charge on any atom is -0.341 e. The predicted octanol–water partition coefficient (Wildman–Crippen LogP) is 3.27. The third-order valence-corrected chi connectivity index (χ3v) is 7.81. The van der Waals surface area contributed by atoms with Gasteiger partial charge in [0.2, 0.25) is 5.91 Å². The first-order valence-corrected chi connectivity index (χ1v) is 11.7. The van der Waals surface area contributed by atoms with E-state index in [1.165, 1.54) is 28.2 Å². The van der Waals surface area contributed by atoms with Gasteiger partial charge >= 0.3 is 0 Å². The van der Waals surface area contributed by atoms with Gasteiger partial charge in [0.1, 0.15) is 0 Å². The van der Waals surface area contributed by atoms with Crippen molar-refractivity contribution in [3.8, 4) is 0 Å². The van der Waals surface area contributed by atoms with Crippen molar-refractivity contribution in [3.05, 3.63) is 42.5 Å². The molecule has 160 valence electrons. The number of benzene rings is 2. The van der Waals surface area contributed by atoms with Crippen molar-refractivity contribution in [1.29, 1.82) is 0 Å². The summed E-state index contributed by atoms with van der Waals surface area (Å²) in [6.45, 7) is 3.66. The smallest absolute Gasteiger partial charge is 0.281 e. The monoisotopic (exact) mass is 428 g/mol. The van der Waals surface area contributed by atoms with Gasteiger partial charge in [-0.2, -0.15) is 17.0 Å². The molecule has 0 aliphatic carbocycles. The molecule has 8 heteroatoms. The van der Waals surface area contributed by atoms with E-state index in [1.54, 1.807) is 0 Å². The second kappa shape index (κ2) is 8.02. The average Bonchev–Trinajstić information content (AvgIpc) is 3.06. The summed E-state index contributed by atoms with van der Waals surface area (Å²) in [5.41, 5.74) is 3.05. The summed E-state index contributed by atoms with van der Waals surface area (Å²) in [6, 6.07) is 14.2. The number of aryl methyl sites for hydroxylation is 1. The molecule has 2 aromatic carbocycles. The number of carbonyl (C=O) groups is 1. The topological polar surface area (TPSA) is 74.6 Å².